The number of hydrogen-bond acceptors (Lipinski definition) is 5. The summed E-state index contributed by atoms with van der Waals surface area (Å²) in [5.41, 5.74) is 5.40. The largest absolute Gasteiger partial charge is 0.378 e. The van der Waals surface area contributed by atoms with E-state index >= 15 is 0 Å². The number of nitrogens with zero attached hydrogens (tertiary/aromatic N) is 3. The Labute approximate surface area is 188 Å². The molecule has 1 aliphatic rings. The quantitative estimate of drug-likeness (QED) is 0.533. The van der Waals surface area contributed by atoms with E-state index in [2.05, 4.69) is 52.1 Å². The number of rotatable bonds is 8. The van der Waals surface area contributed by atoms with Crippen molar-refractivity contribution in [2.75, 3.05) is 37.9 Å². The van der Waals surface area contributed by atoms with Crippen molar-refractivity contribution in [2.24, 2.45) is 0 Å². The van der Waals surface area contributed by atoms with E-state index in [1.165, 1.54) is 17.3 Å². The first-order valence-electron chi connectivity index (χ1n) is 10.7. The van der Waals surface area contributed by atoms with Crippen molar-refractivity contribution >= 4 is 34.4 Å². The van der Waals surface area contributed by atoms with Crippen LogP contribution in [0.1, 0.15) is 24.0 Å². The van der Waals surface area contributed by atoms with Gasteiger partial charge in [-0.05, 0) is 55.2 Å². The van der Waals surface area contributed by atoms with E-state index in [4.69, 9.17) is 4.74 Å². The molecule has 3 aromatic rings. The lowest BCUT2D eigenvalue weighted by atomic mass is 10.1. The highest BCUT2D eigenvalue weighted by Crippen LogP contribution is 2.22. The highest BCUT2D eigenvalue weighted by molar-refractivity contribution is 7.99. The van der Waals surface area contributed by atoms with Crippen molar-refractivity contribution in [3.05, 3.63) is 53.6 Å². The highest BCUT2D eigenvalue weighted by atomic mass is 32.2. The summed E-state index contributed by atoms with van der Waals surface area (Å²) >= 11 is 1.46. The molecule has 1 unspecified atom stereocenters. The summed E-state index contributed by atoms with van der Waals surface area (Å²) in [6, 6.07) is 14.5. The van der Waals surface area contributed by atoms with E-state index in [1.807, 2.05) is 31.1 Å². The van der Waals surface area contributed by atoms with Crippen molar-refractivity contribution in [1.29, 1.82) is 0 Å². The van der Waals surface area contributed by atoms with Crippen LogP contribution >= 0.6 is 11.8 Å². The predicted octanol–water partition coefficient (Wildman–Crippen LogP) is 4.24. The number of nitrogens with one attached hydrogen (secondary N) is 1. The molecule has 1 N–H and O–H groups in total. The number of aryl methyl sites for hydroxylation is 1. The number of hydrogen-bond donors (Lipinski definition) is 1. The molecule has 0 radical (unpaired) electrons. The van der Waals surface area contributed by atoms with E-state index in [1.54, 1.807) is 0 Å². The maximum absolute atomic E-state index is 13.2. The fourth-order valence-corrected chi connectivity index (χ4v) is 4.59. The van der Waals surface area contributed by atoms with Crippen LogP contribution in [0.4, 0.5) is 5.69 Å². The monoisotopic (exact) mass is 438 g/mol. The van der Waals surface area contributed by atoms with Crippen LogP contribution < -0.4 is 4.90 Å². The summed E-state index contributed by atoms with van der Waals surface area (Å²) in [4.78, 5) is 25.1. The minimum atomic E-state index is 0.105. The summed E-state index contributed by atoms with van der Waals surface area (Å²) in [5.74, 6) is 0.454. The maximum Gasteiger partial charge on any atom is 0.233 e. The number of carbonyl (C=O) groups excluding carboxylic acids is 1. The Hall–Kier alpha value is -2.51. The second-order valence-corrected chi connectivity index (χ2v) is 9.29. The van der Waals surface area contributed by atoms with Crippen molar-refractivity contribution in [3.63, 3.8) is 0 Å². The van der Waals surface area contributed by atoms with E-state index in [-0.39, 0.29) is 12.0 Å². The zero-order valence-corrected chi connectivity index (χ0v) is 19.2. The van der Waals surface area contributed by atoms with E-state index in [9.17, 15) is 4.79 Å². The minimum Gasteiger partial charge on any atom is -0.378 e. The van der Waals surface area contributed by atoms with Gasteiger partial charge in [-0.3, -0.25) is 4.79 Å². The lowest BCUT2D eigenvalue weighted by molar-refractivity contribution is -0.130. The Morgan fingerprint density at radius 2 is 2.03 bits per heavy atom. The molecule has 164 valence electrons. The van der Waals surface area contributed by atoms with Gasteiger partial charge in [0.25, 0.3) is 0 Å². The van der Waals surface area contributed by atoms with Gasteiger partial charge in [0.1, 0.15) is 0 Å². The topological polar surface area (TPSA) is 61.5 Å². The number of thioether (sulfide) groups is 1. The standard InChI is InChI=1S/C24H30N4O2S/c1-17-6-11-21-22(13-17)26-24(25-21)31-16-23(29)28(15-20-5-4-12-30-20)14-18-7-9-19(10-8-18)27(2)3/h6-11,13,20H,4-5,12,14-16H2,1-3H3,(H,25,26). The zero-order chi connectivity index (χ0) is 21.8. The second-order valence-electron chi connectivity index (χ2n) is 8.32. The molecule has 0 bridgehead atoms. The number of anilines is 1. The molecule has 1 saturated heterocycles. The number of H-pyrrole nitrogens is 1. The first-order valence-corrected chi connectivity index (χ1v) is 11.7. The van der Waals surface area contributed by atoms with Crippen LogP contribution in [0, 0.1) is 6.92 Å². The molecule has 31 heavy (non-hydrogen) atoms. The number of fused-ring (bicyclic) bond motifs is 1. The molecule has 7 heteroatoms. The first-order chi connectivity index (χ1) is 15.0. The van der Waals surface area contributed by atoms with Gasteiger partial charge in [-0.25, -0.2) is 4.98 Å². The number of benzene rings is 2. The molecule has 0 aliphatic carbocycles. The Balaban J connectivity index is 1.43. The van der Waals surface area contributed by atoms with Gasteiger partial charge in [0.15, 0.2) is 5.16 Å². The van der Waals surface area contributed by atoms with Gasteiger partial charge >= 0.3 is 0 Å². The van der Waals surface area contributed by atoms with Crippen LogP contribution in [0.15, 0.2) is 47.6 Å². The average molecular weight is 439 g/mol. The van der Waals surface area contributed by atoms with Crippen molar-refractivity contribution < 1.29 is 9.53 Å². The average Bonchev–Trinajstić information content (AvgIpc) is 3.41. The number of aromatic nitrogens is 2. The molecule has 4 rings (SSSR count). The van der Waals surface area contributed by atoms with Crippen LogP contribution in [0.5, 0.6) is 0 Å². The zero-order valence-electron chi connectivity index (χ0n) is 18.4. The fraction of sp³-hybridized carbons (Fsp3) is 0.417. The molecular weight excluding hydrogens is 408 g/mol. The van der Waals surface area contributed by atoms with Crippen LogP contribution in [0.3, 0.4) is 0 Å². The molecule has 0 spiro atoms. The number of amides is 1. The van der Waals surface area contributed by atoms with Gasteiger partial charge in [-0.15, -0.1) is 0 Å². The molecule has 1 amide bonds. The van der Waals surface area contributed by atoms with Crippen molar-refractivity contribution in [2.45, 2.75) is 37.6 Å². The highest BCUT2D eigenvalue weighted by Gasteiger charge is 2.23. The first kappa shape index (κ1) is 21.7. The third-order valence-electron chi connectivity index (χ3n) is 5.57. The van der Waals surface area contributed by atoms with E-state index in [0.717, 1.165) is 46.9 Å². The lowest BCUT2D eigenvalue weighted by Crippen LogP contribution is -2.38. The van der Waals surface area contributed by atoms with Gasteiger partial charge in [-0.2, -0.15) is 0 Å². The SMILES string of the molecule is Cc1ccc2nc(SCC(=O)N(Cc3ccc(N(C)C)cc3)CC3CCCO3)[nH]c2c1. The van der Waals surface area contributed by atoms with Crippen LogP contribution in [0.25, 0.3) is 11.0 Å². The smallest absolute Gasteiger partial charge is 0.233 e. The van der Waals surface area contributed by atoms with E-state index < -0.39 is 0 Å². The molecule has 1 atom stereocenters. The molecule has 6 nitrogen and oxygen atoms in total. The molecule has 1 fully saturated rings. The Kier molecular flexibility index (Phi) is 6.83. The summed E-state index contributed by atoms with van der Waals surface area (Å²) in [6.45, 7) is 4.07. The van der Waals surface area contributed by atoms with Gasteiger partial charge < -0.3 is 19.5 Å². The Morgan fingerprint density at radius 1 is 1.23 bits per heavy atom. The van der Waals surface area contributed by atoms with Crippen molar-refractivity contribution in [3.8, 4) is 0 Å². The maximum atomic E-state index is 13.2. The van der Waals surface area contributed by atoms with Crippen molar-refractivity contribution in [1.82, 2.24) is 14.9 Å². The number of ether oxygens (including phenoxy) is 1. The van der Waals surface area contributed by atoms with E-state index in [0.29, 0.717) is 18.8 Å². The summed E-state index contributed by atoms with van der Waals surface area (Å²) in [7, 11) is 4.05. The van der Waals surface area contributed by atoms with Gasteiger partial charge in [0.2, 0.25) is 5.91 Å². The Morgan fingerprint density at radius 3 is 2.74 bits per heavy atom. The molecule has 2 aromatic carbocycles. The third kappa shape index (κ3) is 5.60. The minimum absolute atomic E-state index is 0.105. The molecule has 2 heterocycles. The number of carbonyl (C=O) groups is 1. The van der Waals surface area contributed by atoms with Gasteiger partial charge in [-0.1, -0.05) is 30.0 Å². The Bertz CT molecular complexity index is 1030. The van der Waals surface area contributed by atoms with Gasteiger partial charge in [0.05, 0.1) is 22.9 Å². The van der Waals surface area contributed by atoms with Crippen LogP contribution in [-0.4, -0.2) is 59.9 Å². The molecule has 0 saturated carbocycles. The van der Waals surface area contributed by atoms with Gasteiger partial charge in [0, 0.05) is 39.5 Å². The third-order valence-corrected chi connectivity index (χ3v) is 6.43. The predicted molar refractivity (Wildman–Crippen MR) is 127 cm³/mol. The normalized spacial score (nSPS) is 16.0. The van der Waals surface area contributed by atoms with Crippen LogP contribution in [-0.2, 0) is 16.1 Å². The molecular formula is C24H30N4O2S. The lowest BCUT2D eigenvalue weighted by Gasteiger charge is -2.26. The summed E-state index contributed by atoms with van der Waals surface area (Å²) in [6.07, 6.45) is 2.21. The summed E-state index contributed by atoms with van der Waals surface area (Å²) in [5, 5.41) is 0.779. The fourth-order valence-electron chi connectivity index (χ4n) is 3.80. The number of imidazole rings is 1. The molecule has 1 aromatic heterocycles. The summed E-state index contributed by atoms with van der Waals surface area (Å²) < 4.78 is 5.81. The van der Waals surface area contributed by atoms with Crippen LogP contribution in [0.2, 0.25) is 0 Å². The molecule has 1 aliphatic heterocycles. The second kappa shape index (κ2) is 9.75. The number of aromatic amines is 1.